The maximum atomic E-state index is 10.3. The van der Waals surface area contributed by atoms with Crippen LogP contribution in [0.1, 0.15) is 34.1 Å². The lowest BCUT2D eigenvalue weighted by molar-refractivity contribution is 0.249. The van der Waals surface area contributed by atoms with Crippen molar-refractivity contribution in [1.29, 1.82) is 0 Å². The van der Waals surface area contributed by atoms with Gasteiger partial charge in [0.15, 0.2) is 0 Å². The van der Waals surface area contributed by atoms with Crippen LogP contribution in [0.15, 0.2) is 5.10 Å². The zero-order valence-corrected chi connectivity index (χ0v) is 8.14. The quantitative estimate of drug-likeness (QED) is 0.479. The molecule has 0 aromatic rings. The van der Waals surface area contributed by atoms with Gasteiger partial charge in [0.1, 0.15) is 0 Å². The Labute approximate surface area is 73.2 Å². The number of hydrogen-bond donors (Lipinski definition) is 2. The zero-order valence-electron chi connectivity index (χ0n) is 8.14. The Morgan fingerprint density at radius 3 is 2.33 bits per heavy atom. The summed E-state index contributed by atoms with van der Waals surface area (Å²) in [6.45, 7) is 8.18. The molecule has 0 atom stereocenters. The van der Waals surface area contributed by atoms with Crippen LogP contribution in [-0.4, -0.2) is 11.7 Å². The number of hydrazone groups is 1. The standard InChI is InChI=1S/C8H17N3O/c1-6(5-8(2,3)4)10-11-7(9)12/h5H2,1-4H3,(H3,9,11,12)/b10-6+. The van der Waals surface area contributed by atoms with E-state index in [1.54, 1.807) is 0 Å². The highest BCUT2D eigenvalue weighted by Gasteiger charge is 2.11. The molecule has 4 heteroatoms. The molecule has 0 spiro atoms. The summed E-state index contributed by atoms with van der Waals surface area (Å²) in [5.74, 6) is 0. The molecule has 0 aromatic carbocycles. The van der Waals surface area contributed by atoms with Gasteiger partial charge in [0.2, 0.25) is 0 Å². The van der Waals surface area contributed by atoms with Crippen molar-refractivity contribution in [1.82, 2.24) is 5.43 Å². The van der Waals surface area contributed by atoms with Crippen LogP contribution in [0.3, 0.4) is 0 Å². The largest absolute Gasteiger partial charge is 0.350 e. The van der Waals surface area contributed by atoms with Crippen LogP contribution >= 0.6 is 0 Å². The first-order valence-electron chi connectivity index (χ1n) is 3.90. The number of primary amides is 1. The van der Waals surface area contributed by atoms with Gasteiger partial charge in [-0.2, -0.15) is 5.10 Å². The molecule has 0 aliphatic carbocycles. The molecule has 0 saturated heterocycles. The SMILES string of the molecule is C/C(CC(C)(C)C)=N\NC(N)=O. The highest BCUT2D eigenvalue weighted by molar-refractivity contribution is 5.84. The predicted octanol–water partition coefficient (Wildman–Crippen LogP) is 1.47. The smallest absolute Gasteiger partial charge is 0.332 e. The van der Waals surface area contributed by atoms with Gasteiger partial charge >= 0.3 is 6.03 Å². The second-order valence-electron chi connectivity index (χ2n) is 4.06. The van der Waals surface area contributed by atoms with Crippen LogP contribution in [0.25, 0.3) is 0 Å². The molecule has 2 amide bonds. The first kappa shape index (κ1) is 10.9. The third-order valence-electron chi connectivity index (χ3n) is 1.14. The molecular formula is C8H17N3O. The fourth-order valence-electron chi connectivity index (χ4n) is 0.958. The van der Waals surface area contributed by atoms with Gasteiger partial charge < -0.3 is 5.73 Å². The van der Waals surface area contributed by atoms with E-state index in [1.807, 2.05) is 6.92 Å². The molecule has 0 aromatic heterocycles. The Morgan fingerprint density at radius 1 is 1.50 bits per heavy atom. The topological polar surface area (TPSA) is 67.5 Å². The van der Waals surface area contributed by atoms with Gasteiger partial charge in [-0.15, -0.1) is 0 Å². The fourth-order valence-corrected chi connectivity index (χ4v) is 0.958. The summed E-state index contributed by atoms with van der Waals surface area (Å²) in [5, 5.41) is 3.80. The Morgan fingerprint density at radius 2 is 2.00 bits per heavy atom. The molecule has 70 valence electrons. The average molecular weight is 171 g/mol. The van der Waals surface area contributed by atoms with Crippen molar-refractivity contribution in [2.45, 2.75) is 34.1 Å². The van der Waals surface area contributed by atoms with Crippen molar-refractivity contribution >= 4 is 11.7 Å². The molecule has 3 N–H and O–H groups in total. The van der Waals surface area contributed by atoms with Gasteiger partial charge in [0.25, 0.3) is 0 Å². The minimum absolute atomic E-state index is 0.187. The third kappa shape index (κ3) is 7.05. The molecule has 0 heterocycles. The summed E-state index contributed by atoms with van der Waals surface area (Å²) in [7, 11) is 0. The van der Waals surface area contributed by atoms with Gasteiger partial charge in [0.05, 0.1) is 0 Å². The molecule has 0 fully saturated rings. The number of carbonyl (C=O) groups is 1. The third-order valence-corrected chi connectivity index (χ3v) is 1.14. The summed E-state index contributed by atoms with van der Waals surface area (Å²) in [6.07, 6.45) is 0.841. The second-order valence-corrected chi connectivity index (χ2v) is 4.06. The monoisotopic (exact) mass is 171 g/mol. The van der Waals surface area contributed by atoms with E-state index >= 15 is 0 Å². The molecule has 0 unspecified atom stereocenters. The number of nitrogens with two attached hydrogens (primary N) is 1. The van der Waals surface area contributed by atoms with Crippen molar-refractivity contribution in [3.8, 4) is 0 Å². The van der Waals surface area contributed by atoms with Crippen molar-refractivity contribution in [3.63, 3.8) is 0 Å². The Balaban J connectivity index is 3.95. The van der Waals surface area contributed by atoms with Crippen LogP contribution in [0.2, 0.25) is 0 Å². The van der Waals surface area contributed by atoms with E-state index in [0.29, 0.717) is 0 Å². The van der Waals surface area contributed by atoms with Crippen molar-refractivity contribution in [2.75, 3.05) is 0 Å². The lowest BCUT2D eigenvalue weighted by Gasteiger charge is -2.17. The molecule has 4 nitrogen and oxygen atoms in total. The maximum Gasteiger partial charge on any atom is 0.332 e. The predicted molar refractivity (Wildman–Crippen MR) is 49.9 cm³/mol. The molecule has 0 radical (unpaired) electrons. The van der Waals surface area contributed by atoms with E-state index in [1.165, 1.54) is 0 Å². The highest BCUT2D eigenvalue weighted by atomic mass is 16.2. The summed E-state index contributed by atoms with van der Waals surface area (Å²) < 4.78 is 0. The van der Waals surface area contributed by atoms with Crippen LogP contribution in [0.4, 0.5) is 4.79 Å². The second kappa shape index (κ2) is 4.09. The van der Waals surface area contributed by atoms with E-state index in [4.69, 9.17) is 5.73 Å². The Hall–Kier alpha value is -1.06. The number of amides is 2. The summed E-state index contributed by atoms with van der Waals surface area (Å²) in [5.41, 5.74) is 8.11. The van der Waals surface area contributed by atoms with Crippen molar-refractivity contribution in [3.05, 3.63) is 0 Å². The lowest BCUT2D eigenvalue weighted by atomic mass is 9.90. The molecule has 12 heavy (non-hydrogen) atoms. The molecule has 0 rings (SSSR count). The molecule has 0 saturated carbocycles. The van der Waals surface area contributed by atoms with E-state index in [9.17, 15) is 4.79 Å². The maximum absolute atomic E-state index is 10.3. The number of nitrogens with zero attached hydrogens (tertiary/aromatic N) is 1. The molecular weight excluding hydrogens is 154 g/mol. The van der Waals surface area contributed by atoms with E-state index in [2.05, 4.69) is 31.3 Å². The summed E-state index contributed by atoms with van der Waals surface area (Å²) in [6, 6.07) is -0.622. The van der Waals surface area contributed by atoms with Crippen molar-refractivity contribution < 1.29 is 4.79 Å². The van der Waals surface area contributed by atoms with Gasteiger partial charge in [-0.25, -0.2) is 10.2 Å². The summed E-state index contributed by atoms with van der Waals surface area (Å²) in [4.78, 5) is 10.3. The molecule has 0 aliphatic rings. The van der Waals surface area contributed by atoms with Crippen LogP contribution in [0.5, 0.6) is 0 Å². The average Bonchev–Trinajstić information content (AvgIpc) is 1.79. The van der Waals surface area contributed by atoms with Gasteiger partial charge in [-0.05, 0) is 18.8 Å². The highest BCUT2D eigenvalue weighted by Crippen LogP contribution is 2.18. The van der Waals surface area contributed by atoms with Gasteiger partial charge in [0, 0.05) is 5.71 Å². The minimum atomic E-state index is -0.622. The van der Waals surface area contributed by atoms with Crippen LogP contribution in [0, 0.1) is 5.41 Å². The number of nitrogens with one attached hydrogen (secondary N) is 1. The first-order chi connectivity index (χ1) is 5.31. The van der Waals surface area contributed by atoms with Crippen molar-refractivity contribution in [2.24, 2.45) is 16.3 Å². The lowest BCUT2D eigenvalue weighted by Crippen LogP contribution is -2.26. The first-order valence-corrected chi connectivity index (χ1v) is 3.90. The van der Waals surface area contributed by atoms with E-state index < -0.39 is 6.03 Å². The van der Waals surface area contributed by atoms with Gasteiger partial charge in [-0.1, -0.05) is 20.8 Å². The summed E-state index contributed by atoms with van der Waals surface area (Å²) >= 11 is 0. The van der Waals surface area contributed by atoms with E-state index in [-0.39, 0.29) is 5.41 Å². The Bertz CT molecular complexity index is 191. The van der Waals surface area contributed by atoms with Gasteiger partial charge in [-0.3, -0.25) is 0 Å². The number of hydrogen-bond acceptors (Lipinski definition) is 2. The number of urea groups is 1. The number of carbonyl (C=O) groups excluding carboxylic acids is 1. The van der Waals surface area contributed by atoms with E-state index in [0.717, 1.165) is 12.1 Å². The number of rotatable bonds is 2. The fraction of sp³-hybridized carbons (Fsp3) is 0.750. The molecule has 0 bridgehead atoms. The van der Waals surface area contributed by atoms with Crippen LogP contribution < -0.4 is 11.2 Å². The van der Waals surface area contributed by atoms with Crippen LogP contribution in [-0.2, 0) is 0 Å². The zero-order chi connectivity index (χ0) is 9.78. The minimum Gasteiger partial charge on any atom is -0.350 e. The normalized spacial score (nSPS) is 12.8. The molecule has 0 aliphatic heterocycles. The Kier molecular flexibility index (Phi) is 3.73.